The molecule has 0 aromatic heterocycles. The Labute approximate surface area is 132 Å². The van der Waals surface area contributed by atoms with E-state index in [0.29, 0.717) is 0 Å². The molecule has 0 fully saturated rings. The van der Waals surface area contributed by atoms with Crippen LogP contribution in [0, 0.1) is 5.82 Å². The second-order valence-corrected chi connectivity index (χ2v) is 5.08. The van der Waals surface area contributed by atoms with Crippen molar-refractivity contribution in [3.63, 3.8) is 0 Å². The number of rotatable bonds is 6. The quantitative estimate of drug-likeness (QED) is 0.809. The zero-order valence-corrected chi connectivity index (χ0v) is 13.1. The summed E-state index contributed by atoms with van der Waals surface area (Å²) < 4.78 is 12.9. The van der Waals surface area contributed by atoms with Crippen molar-refractivity contribution < 1.29 is 4.39 Å². The van der Waals surface area contributed by atoms with Crippen molar-refractivity contribution >= 4 is 18.1 Å². The van der Waals surface area contributed by atoms with Gasteiger partial charge in [0.25, 0.3) is 0 Å². The lowest BCUT2D eigenvalue weighted by Gasteiger charge is -2.22. The van der Waals surface area contributed by atoms with E-state index in [2.05, 4.69) is 17.9 Å². The van der Waals surface area contributed by atoms with Gasteiger partial charge in [0.2, 0.25) is 0 Å². The van der Waals surface area contributed by atoms with E-state index >= 15 is 0 Å². The lowest BCUT2D eigenvalue weighted by molar-refractivity contribution is 0.257. The number of nitrogens with two attached hydrogens (primary N) is 1. The first kappa shape index (κ1) is 17.5. The number of nitrogen functional groups attached to an aromatic ring is 1. The fourth-order valence-electron chi connectivity index (χ4n) is 2.33. The Morgan fingerprint density at radius 3 is 2.29 bits per heavy atom. The third kappa shape index (κ3) is 5.74. The van der Waals surface area contributed by atoms with Gasteiger partial charge >= 0.3 is 0 Å². The molecule has 0 aliphatic carbocycles. The number of hydrogen-bond donors (Lipinski definition) is 1. The first-order chi connectivity index (χ1) is 9.67. The minimum Gasteiger partial charge on any atom is -0.399 e. The van der Waals surface area contributed by atoms with Gasteiger partial charge in [-0.15, -0.1) is 12.4 Å². The number of hydrogen-bond acceptors (Lipinski definition) is 2. The molecule has 2 nitrogen and oxygen atoms in total. The van der Waals surface area contributed by atoms with Crippen LogP contribution in [-0.4, -0.2) is 11.4 Å². The van der Waals surface area contributed by atoms with E-state index in [1.165, 1.54) is 17.7 Å². The van der Waals surface area contributed by atoms with Crippen molar-refractivity contribution in [2.45, 2.75) is 26.4 Å². The SMILES string of the molecule is CCCN(Cc1ccc(F)cc1)Cc1cccc(N)c1.Cl. The molecule has 0 radical (unpaired) electrons. The van der Waals surface area contributed by atoms with Crippen LogP contribution in [0.1, 0.15) is 24.5 Å². The molecule has 0 bridgehead atoms. The summed E-state index contributed by atoms with van der Waals surface area (Å²) >= 11 is 0. The van der Waals surface area contributed by atoms with Crippen molar-refractivity contribution in [1.29, 1.82) is 0 Å². The number of nitrogens with zero attached hydrogens (tertiary/aromatic N) is 1. The first-order valence-corrected chi connectivity index (χ1v) is 6.98. The molecule has 0 saturated carbocycles. The van der Waals surface area contributed by atoms with Crippen molar-refractivity contribution in [3.05, 3.63) is 65.5 Å². The van der Waals surface area contributed by atoms with Gasteiger partial charge in [0.15, 0.2) is 0 Å². The van der Waals surface area contributed by atoms with Crippen LogP contribution in [0.15, 0.2) is 48.5 Å². The molecule has 4 heteroatoms. The topological polar surface area (TPSA) is 29.3 Å². The molecule has 0 heterocycles. The largest absolute Gasteiger partial charge is 0.399 e. The van der Waals surface area contributed by atoms with Crippen LogP contribution in [0.3, 0.4) is 0 Å². The molecule has 21 heavy (non-hydrogen) atoms. The van der Waals surface area contributed by atoms with Gasteiger partial charge < -0.3 is 5.73 Å². The molecular formula is C17H22ClFN2. The highest BCUT2D eigenvalue weighted by atomic mass is 35.5. The van der Waals surface area contributed by atoms with Crippen molar-refractivity contribution in [1.82, 2.24) is 4.90 Å². The molecule has 0 aliphatic rings. The molecule has 2 aromatic carbocycles. The standard InChI is InChI=1S/C17H21FN2.ClH/c1-2-10-20(12-14-6-8-16(18)9-7-14)13-15-4-3-5-17(19)11-15;/h3-9,11H,2,10,12-13,19H2,1H3;1H. The van der Waals surface area contributed by atoms with Crippen LogP contribution < -0.4 is 5.73 Å². The van der Waals surface area contributed by atoms with Gasteiger partial charge in [-0.3, -0.25) is 4.90 Å². The molecule has 0 amide bonds. The molecule has 0 saturated heterocycles. The van der Waals surface area contributed by atoms with Crippen LogP contribution in [0.4, 0.5) is 10.1 Å². The van der Waals surface area contributed by atoms with E-state index in [4.69, 9.17) is 5.73 Å². The molecule has 0 aliphatic heterocycles. The molecule has 0 atom stereocenters. The Morgan fingerprint density at radius 1 is 1.00 bits per heavy atom. The van der Waals surface area contributed by atoms with E-state index < -0.39 is 0 Å². The van der Waals surface area contributed by atoms with Gasteiger partial charge in [-0.05, 0) is 48.4 Å². The predicted molar refractivity (Wildman–Crippen MR) is 88.9 cm³/mol. The van der Waals surface area contributed by atoms with Gasteiger partial charge in [-0.2, -0.15) is 0 Å². The predicted octanol–water partition coefficient (Wildman–Crippen LogP) is 4.24. The van der Waals surface area contributed by atoms with E-state index in [1.807, 2.05) is 30.3 Å². The molecule has 114 valence electrons. The zero-order chi connectivity index (χ0) is 14.4. The number of halogens is 2. The summed E-state index contributed by atoms with van der Waals surface area (Å²) in [5.74, 6) is -0.188. The lowest BCUT2D eigenvalue weighted by atomic mass is 10.1. The van der Waals surface area contributed by atoms with Gasteiger partial charge in [0.05, 0.1) is 0 Å². The Bertz CT molecular complexity index is 543. The van der Waals surface area contributed by atoms with Gasteiger partial charge in [-0.1, -0.05) is 31.2 Å². The second-order valence-electron chi connectivity index (χ2n) is 5.08. The molecule has 2 N–H and O–H groups in total. The Morgan fingerprint density at radius 2 is 1.67 bits per heavy atom. The first-order valence-electron chi connectivity index (χ1n) is 6.98. The summed E-state index contributed by atoms with van der Waals surface area (Å²) in [6, 6.07) is 14.7. The van der Waals surface area contributed by atoms with Crippen LogP contribution in [-0.2, 0) is 13.1 Å². The summed E-state index contributed by atoms with van der Waals surface area (Å²) in [5, 5.41) is 0. The molecule has 0 spiro atoms. The normalized spacial score (nSPS) is 10.4. The fourth-order valence-corrected chi connectivity index (χ4v) is 2.33. The van der Waals surface area contributed by atoms with Crippen LogP contribution >= 0.6 is 12.4 Å². The van der Waals surface area contributed by atoms with Crippen LogP contribution in [0.2, 0.25) is 0 Å². The number of anilines is 1. The Hall–Kier alpha value is -1.58. The Kier molecular flexibility index (Phi) is 7.20. The average Bonchev–Trinajstić information content (AvgIpc) is 2.42. The maximum Gasteiger partial charge on any atom is 0.123 e. The highest BCUT2D eigenvalue weighted by molar-refractivity contribution is 5.85. The van der Waals surface area contributed by atoms with Crippen LogP contribution in [0.25, 0.3) is 0 Å². The summed E-state index contributed by atoms with van der Waals surface area (Å²) in [5.41, 5.74) is 8.95. The summed E-state index contributed by atoms with van der Waals surface area (Å²) in [6.45, 7) is 4.85. The highest BCUT2D eigenvalue weighted by Gasteiger charge is 2.06. The van der Waals surface area contributed by atoms with Crippen molar-refractivity contribution in [2.75, 3.05) is 12.3 Å². The van der Waals surface area contributed by atoms with Gasteiger partial charge in [0.1, 0.15) is 5.82 Å². The lowest BCUT2D eigenvalue weighted by Crippen LogP contribution is -2.23. The third-order valence-corrected chi connectivity index (χ3v) is 3.22. The van der Waals surface area contributed by atoms with E-state index in [0.717, 1.165) is 37.3 Å². The van der Waals surface area contributed by atoms with Gasteiger partial charge in [-0.25, -0.2) is 4.39 Å². The van der Waals surface area contributed by atoms with Crippen molar-refractivity contribution in [2.24, 2.45) is 0 Å². The van der Waals surface area contributed by atoms with E-state index in [1.54, 1.807) is 0 Å². The monoisotopic (exact) mass is 308 g/mol. The van der Waals surface area contributed by atoms with Crippen LogP contribution in [0.5, 0.6) is 0 Å². The summed E-state index contributed by atoms with van der Waals surface area (Å²) in [6.07, 6.45) is 1.09. The summed E-state index contributed by atoms with van der Waals surface area (Å²) in [7, 11) is 0. The molecule has 2 aromatic rings. The number of benzene rings is 2. The Balaban J connectivity index is 0.00000220. The summed E-state index contributed by atoms with van der Waals surface area (Å²) in [4.78, 5) is 2.35. The van der Waals surface area contributed by atoms with E-state index in [-0.39, 0.29) is 18.2 Å². The smallest absolute Gasteiger partial charge is 0.123 e. The van der Waals surface area contributed by atoms with Gasteiger partial charge in [0, 0.05) is 18.8 Å². The highest BCUT2D eigenvalue weighted by Crippen LogP contribution is 2.13. The third-order valence-electron chi connectivity index (χ3n) is 3.22. The average molecular weight is 309 g/mol. The molecular weight excluding hydrogens is 287 g/mol. The second kappa shape index (κ2) is 8.65. The maximum atomic E-state index is 12.9. The maximum absolute atomic E-state index is 12.9. The van der Waals surface area contributed by atoms with Crippen molar-refractivity contribution in [3.8, 4) is 0 Å². The zero-order valence-electron chi connectivity index (χ0n) is 12.3. The van der Waals surface area contributed by atoms with E-state index in [9.17, 15) is 4.39 Å². The minimum atomic E-state index is -0.188. The fraction of sp³-hybridized carbons (Fsp3) is 0.294. The molecule has 0 unspecified atom stereocenters. The minimum absolute atomic E-state index is 0. The molecule has 2 rings (SSSR count).